The average molecular weight is 437 g/mol. The zero-order valence-corrected chi connectivity index (χ0v) is 18.5. The van der Waals surface area contributed by atoms with Gasteiger partial charge in [0.05, 0.1) is 13.3 Å². The Morgan fingerprint density at radius 3 is 2.74 bits per heavy atom. The van der Waals surface area contributed by atoms with Crippen LogP contribution in [0.25, 0.3) is 0 Å². The number of pyridine rings is 1. The van der Waals surface area contributed by atoms with Gasteiger partial charge in [0.25, 0.3) is 0 Å². The number of ether oxygens (including phenoxy) is 1. The third-order valence-electron chi connectivity index (χ3n) is 6.09. The lowest BCUT2D eigenvalue weighted by molar-refractivity contribution is 0.0980. The summed E-state index contributed by atoms with van der Waals surface area (Å²) >= 11 is 5.65. The van der Waals surface area contributed by atoms with E-state index >= 15 is 0 Å². The van der Waals surface area contributed by atoms with Crippen molar-refractivity contribution in [1.29, 1.82) is 0 Å². The lowest BCUT2D eigenvalue weighted by Crippen LogP contribution is -2.46. The van der Waals surface area contributed by atoms with Crippen molar-refractivity contribution in [2.75, 3.05) is 32.8 Å². The van der Waals surface area contributed by atoms with Gasteiger partial charge in [-0.25, -0.2) is 4.68 Å². The summed E-state index contributed by atoms with van der Waals surface area (Å²) in [6.45, 7) is 7.53. The zero-order chi connectivity index (χ0) is 21.0. The molecule has 31 heavy (non-hydrogen) atoms. The molecule has 5 rings (SSSR count). The summed E-state index contributed by atoms with van der Waals surface area (Å²) in [6.07, 6.45) is 5.57. The zero-order valence-electron chi connectivity index (χ0n) is 17.7. The number of piperazine rings is 1. The Morgan fingerprint density at radius 1 is 1.03 bits per heavy atom. The van der Waals surface area contributed by atoms with Gasteiger partial charge in [-0.1, -0.05) is 18.2 Å². The third-order valence-corrected chi connectivity index (χ3v) is 6.54. The van der Waals surface area contributed by atoms with E-state index in [1.165, 1.54) is 11.1 Å². The number of benzene rings is 1. The summed E-state index contributed by atoms with van der Waals surface area (Å²) in [5.41, 5.74) is 3.81. The summed E-state index contributed by atoms with van der Waals surface area (Å²) in [5, 5.41) is 4.53. The topological polar surface area (TPSA) is 51.4 Å². The van der Waals surface area contributed by atoms with E-state index < -0.39 is 0 Å². The predicted octanol–water partition coefficient (Wildman–Crippen LogP) is 2.76. The van der Waals surface area contributed by atoms with Gasteiger partial charge in [-0.05, 0) is 41.5 Å². The van der Waals surface area contributed by atoms with Crippen LogP contribution in [-0.2, 0) is 32.6 Å². The Balaban J connectivity index is 1.11. The molecule has 0 unspecified atom stereocenters. The average Bonchev–Trinajstić information content (AvgIpc) is 3.41. The maximum absolute atomic E-state index is 5.65. The molecule has 0 N–H and O–H groups in total. The van der Waals surface area contributed by atoms with Gasteiger partial charge >= 0.3 is 0 Å². The maximum atomic E-state index is 5.65. The van der Waals surface area contributed by atoms with Crippen LogP contribution in [0.15, 0.2) is 48.9 Å². The summed E-state index contributed by atoms with van der Waals surface area (Å²) in [6, 6.07) is 12.6. The first-order valence-electron chi connectivity index (χ1n) is 11.0. The van der Waals surface area contributed by atoms with Crippen LogP contribution in [0, 0.1) is 4.77 Å². The number of hydrogen-bond acceptors (Lipinski definition) is 6. The van der Waals surface area contributed by atoms with Crippen LogP contribution in [0.2, 0.25) is 0 Å². The summed E-state index contributed by atoms with van der Waals surface area (Å²) < 4.78 is 10.4. The molecule has 0 amide bonds. The molecular weight excluding hydrogens is 408 g/mol. The molecule has 0 spiro atoms. The van der Waals surface area contributed by atoms with Crippen molar-refractivity contribution in [3.8, 4) is 5.75 Å². The van der Waals surface area contributed by atoms with E-state index in [0.717, 1.165) is 81.6 Å². The monoisotopic (exact) mass is 436 g/mol. The predicted molar refractivity (Wildman–Crippen MR) is 121 cm³/mol. The standard InChI is InChI=1S/C23H28N6OS/c31-23-28(9-6-21-3-1-2-8-24-21)17-25-29(23)18-27-12-10-26(11-13-27)16-19-4-5-22-20(15-19)7-14-30-22/h1-5,8,15,17H,6-7,9-14,16,18H2. The highest BCUT2D eigenvalue weighted by molar-refractivity contribution is 7.71. The van der Waals surface area contributed by atoms with Gasteiger partial charge in [0.2, 0.25) is 0 Å². The molecule has 7 nitrogen and oxygen atoms in total. The second kappa shape index (κ2) is 9.30. The minimum Gasteiger partial charge on any atom is -0.493 e. The molecule has 0 aliphatic carbocycles. The van der Waals surface area contributed by atoms with Gasteiger partial charge in [-0.3, -0.25) is 14.8 Å². The molecule has 0 radical (unpaired) electrons. The molecule has 2 aliphatic rings. The molecule has 8 heteroatoms. The van der Waals surface area contributed by atoms with Crippen LogP contribution in [0.5, 0.6) is 5.75 Å². The van der Waals surface area contributed by atoms with E-state index in [0.29, 0.717) is 0 Å². The minimum atomic E-state index is 0.749. The Morgan fingerprint density at radius 2 is 1.90 bits per heavy atom. The van der Waals surface area contributed by atoms with Crippen molar-refractivity contribution >= 4 is 12.2 Å². The van der Waals surface area contributed by atoms with Crippen molar-refractivity contribution in [2.45, 2.75) is 32.6 Å². The molecule has 0 saturated carbocycles. The molecule has 2 aliphatic heterocycles. The molecule has 4 heterocycles. The first kappa shape index (κ1) is 20.4. The second-order valence-corrected chi connectivity index (χ2v) is 8.62. The van der Waals surface area contributed by atoms with Crippen LogP contribution in [0.4, 0.5) is 0 Å². The lowest BCUT2D eigenvalue weighted by atomic mass is 10.1. The highest BCUT2D eigenvalue weighted by Gasteiger charge is 2.19. The molecule has 2 aromatic heterocycles. The number of aryl methyl sites for hydroxylation is 2. The van der Waals surface area contributed by atoms with Crippen molar-refractivity contribution < 1.29 is 4.74 Å². The second-order valence-electron chi connectivity index (χ2n) is 8.25. The van der Waals surface area contributed by atoms with Crippen LogP contribution in [0.3, 0.4) is 0 Å². The Bertz CT molecular complexity index is 1070. The summed E-state index contributed by atoms with van der Waals surface area (Å²) in [7, 11) is 0. The van der Waals surface area contributed by atoms with Crippen LogP contribution in [-0.4, -0.2) is 61.9 Å². The summed E-state index contributed by atoms with van der Waals surface area (Å²) in [4.78, 5) is 9.34. The fourth-order valence-electron chi connectivity index (χ4n) is 4.28. The highest BCUT2D eigenvalue weighted by atomic mass is 32.1. The Hall–Kier alpha value is -2.55. The van der Waals surface area contributed by atoms with Gasteiger partial charge < -0.3 is 9.30 Å². The number of rotatable bonds is 7. The smallest absolute Gasteiger partial charge is 0.198 e. The highest BCUT2D eigenvalue weighted by Crippen LogP contribution is 2.26. The molecule has 162 valence electrons. The van der Waals surface area contributed by atoms with E-state index in [1.807, 2.05) is 40.0 Å². The number of aromatic nitrogens is 4. The van der Waals surface area contributed by atoms with Gasteiger partial charge in [-0.2, -0.15) is 5.10 Å². The van der Waals surface area contributed by atoms with Crippen LogP contribution in [0.1, 0.15) is 16.8 Å². The lowest BCUT2D eigenvalue weighted by Gasteiger charge is -2.34. The minimum absolute atomic E-state index is 0.749. The Labute approximate surface area is 187 Å². The maximum Gasteiger partial charge on any atom is 0.198 e. The van der Waals surface area contributed by atoms with Crippen LogP contribution < -0.4 is 4.74 Å². The SMILES string of the molecule is S=c1n(CCc2ccccn2)cnn1CN1CCN(Cc2ccc3c(c2)CCO3)CC1. The fraction of sp³-hybridized carbons (Fsp3) is 0.435. The van der Waals surface area contributed by atoms with E-state index in [2.05, 4.69) is 38.1 Å². The van der Waals surface area contributed by atoms with Crippen molar-refractivity contribution in [3.63, 3.8) is 0 Å². The normalized spacial score (nSPS) is 16.9. The molecular formula is C23H28N6OS. The quantitative estimate of drug-likeness (QED) is 0.531. The van der Waals surface area contributed by atoms with E-state index in [9.17, 15) is 0 Å². The van der Waals surface area contributed by atoms with Crippen molar-refractivity contribution in [2.24, 2.45) is 0 Å². The first-order valence-corrected chi connectivity index (χ1v) is 11.4. The molecule has 1 saturated heterocycles. The largest absolute Gasteiger partial charge is 0.493 e. The van der Waals surface area contributed by atoms with Gasteiger partial charge in [0.15, 0.2) is 4.77 Å². The molecule has 1 fully saturated rings. The van der Waals surface area contributed by atoms with Gasteiger partial charge in [0, 0.05) is 64.0 Å². The van der Waals surface area contributed by atoms with Gasteiger partial charge in [-0.15, -0.1) is 0 Å². The molecule has 1 aromatic carbocycles. The first-order chi connectivity index (χ1) is 15.2. The third kappa shape index (κ3) is 4.87. The van der Waals surface area contributed by atoms with Crippen molar-refractivity contribution in [1.82, 2.24) is 29.1 Å². The molecule has 0 bridgehead atoms. The number of fused-ring (bicyclic) bond motifs is 1. The fourth-order valence-corrected chi connectivity index (χ4v) is 4.52. The Kier molecular flexibility index (Phi) is 6.11. The summed E-state index contributed by atoms with van der Waals surface area (Å²) in [5.74, 6) is 1.06. The van der Waals surface area contributed by atoms with Crippen molar-refractivity contribution in [3.05, 3.63) is 70.5 Å². The molecule has 0 atom stereocenters. The van der Waals surface area contributed by atoms with E-state index in [4.69, 9.17) is 17.0 Å². The van der Waals surface area contributed by atoms with Crippen LogP contribution >= 0.6 is 12.2 Å². The molecule has 3 aromatic rings. The van der Waals surface area contributed by atoms with E-state index in [1.54, 1.807) is 0 Å². The number of nitrogens with zero attached hydrogens (tertiary/aromatic N) is 6. The number of hydrogen-bond donors (Lipinski definition) is 0. The van der Waals surface area contributed by atoms with Gasteiger partial charge in [0.1, 0.15) is 12.1 Å². The van der Waals surface area contributed by atoms with E-state index in [-0.39, 0.29) is 0 Å².